The first-order valence-corrected chi connectivity index (χ1v) is 21.5. The molecule has 0 fully saturated rings. The molecule has 0 unspecified atom stereocenters. The third-order valence-electron chi connectivity index (χ3n) is 11.7. The highest BCUT2D eigenvalue weighted by atomic mass is 28.3. The monoisotopic (exact) mass is 614 g/mol. The average molecular weight is 615 g/mol. The first kappa shape index (κ1) is 32.5. The smallest absolute Gasteiger partial charge is 0.0958 e. The van der Waals surface area contributed by atoms with E-state index in [0.29, 0.717) is 33.2 Å². The van der Waals surface area contributed by atoms with Crippen LogP contribution in [0.3, 0.4) is 0 Å². The molecule has 0 N–H and O–H groups in total. The molecule has 0 saturated heterocycles. The summed E-state index contributed by atoms with van der Waals surface area (Å²) in [5.74, 6) is 2.91. The molecule has 0 saturated carbocycles. The minimum Gasteiger partial charge on any atom is -0.115 e. The molecule has 5 aromatic carbocycles. The van der Waals surface area contributed by atoms with Gasteiger partial charge in [0.15, 0.2) is 0 Å². The lowest BCUT2D eigenvalue weighted by atomic mass is 9.96. The highest BCUT2D eigenvalue weighted by Crippen LogP contribution is 2.48. The molecule has 0 heterocycles. The van der Waals surface area contributed by atoms with E-state index in [-0.39, 0.29) is 0 Å². The van der Waals surface area contributed by atoms with Gasteiger partial charge in [-0.2, -0.15) is 0 Å². The van der Waals surface area contributed by atoms with Crippen molar-refractivity contribution in [2.24, 2.45) is 0 Å². The lowest BCUT2D eigenvalue weighted by molar-refractivity contribution is 0.835. The van der Waals surface area contributed by atoms with Crippen LogP contribution in [0.4, 0.5) is 0 Å². The fourth-order valence-corrected chi connectivity index (χ4v) is 24.6. The van der Waals surface area contributed by atoms with E-state index < -0.39 is 16.1 Å². The summed E-state index contributed by atoms with van der Waals surface area (Å²) >= 11 is 0. The van der Waals surface area contributed by atoms with Crippen LogP contribution in [0.1, 0.15) is 88.6 Å². The van der Waals surface area contributed by atoms with Gasteiger partial charge in [0.1, 0.15) is 0 Å². The van der Waals surface area contributed by atoms with Gasteiger partial charge in [-0.15, -0.1) is 6.42 Å². The van der Waals surface area contributed by atoms with Crippen molar-refractivity contribution in [1.29, 1.82) is 0 Å². The van der Waals surface area contributed by atoms with Gasteiger partial charge in [-0.1, -0.05) is 119 Å². The van der Waals surface area contributed by atoms with Crippen LogP contribution in [0.5, 0.6) is 0 Å². The Morgan fingerprint density at radius 3 is 1.07 bits per heavy atom. The molecule has 44 heavy (non-hydrogen) atoms. The second-order valence-corrected chi connectivity index (χ2v) is 27.1. The molecule has 0 amide bonds. The normalized spacial score (nSPS) is 13.3. The van der Waals surface area contributed by atoms with E-state index in [1.165, 1.54) is 43.1 Å². The fourth-order valence-electron chi connectivity index (χ4n) is 10.4. The predicted molar refractivity (Wildman–Crippen MR) is 206 cm³/mol. The standard InChI is InChI=1S/C42H54Si2/c1-14-32-19-20-35-24-39-40(25-36(35)21-32)42(44(29(8)9,30(10)11)31(12)13)38-23-34-18-16-15-17-33(34)22-37(38)41(39)43(26(2)3,27(4)5)28(6)7/h1,15-31H,2-13H3. The Morgan fingerprint density at radius 2 is 0.750 bits per heavy atom. The van der Waals surface area contributed by atoms with Crippen molar-refractivity contribution in [2.75, 3.05) is 0 Å². The topological polar surface area (TPSA) is 0 Å². The van der Waals surface area contributed by atoms with Gasteiger partial charge in [-0.3, -0.25) is 0 Å². The van der Waals surface area contributed by atoms with Crippen LogP contribution in [0.15, 0.2) is 66.7 Å². The van der Waals surface area contributed by atoms with Gasteiger partial charge in [0, 0.05) is 5.56 Å². The molecule has 0 nitrogen and oxygen atoms in total. The Kier molecular flexibility index (Phi) is 8.73. The molecule has 5 rings (SSSR count). The molecule has 0 atom stereocenters. The molecule has 0 spiro atoms. The van der Waals surface area contributed by atoms with Crippen molar-refractivity contribution in [3.63, 3.8) is 0 Å². The summed E-state index contributed by atoms with van der Waals surface area (Å²) < 4.78 is 0. The molecule has 0 bridgehead atoms. The lowest BCUT2D eigenvalue weighted by Crippen LogP contribution is -2.59. The number of terminal acetylenes is 1. The van der Waals surface area contributed by atoms with Gasteiger partial charge in [0.05, 0.1) is 16.1 Å². The summed E-state index contributed by atoms with van der Waals surface area (Å²) in [6.07, 6.45) is 5.94. The van der Waals surface area contributed by atoms with Crippen LogP contribution in [0, 0.1) is 12.3 Å². The van der Waals surface area contributed by atoms with Gasteiger partial charge in [0.2, 0.25) is 0 Å². The van der Waals surface area contributed by atoms with Crippen LogP contribution in [0.2, 0.25) is 33.2 Å². The van der Waals surface area contributed by atoms with Gasteiger partial charge in [-0.05, 0) is 123 Å². The molecule has 0 aliphatic carbocycles. The maximum Gasteiger partial charge on any atom is 0.0958 e. The number of hydrogen-bond donors (Lipinski definition) is 0. The molecular formula is C42H54Si2. The maximum absolute atomic E-state index is 5.94. The SMILES string of the molecule is C#Cc1ccc2cc3c([Si](C(C)C)(C(C)C)C(C)C)c4cc5ccccc5cc4c([Si](C(C)C)(C(C)C)C(C)C)c3cc2c1. The van der Waals surface area contributed by atoms with E-state index in [0.717, 1.165) is 5.56 Å². The minimum atomic E-state index is -2.12. The van der Waals surface area contributed by atoms with E-state index in [1.807, 2.05) is 0 Å². The highest BCUT2D eigenvalue weighted by Gasteiger charge is 2.50. The second-order valence-electron chi connectivity index (χ2n) is 15.4. The van der Waals surface area contributed by atoms with Crippen molar-refractivity contribution in [1.82, 2.24) is 0 Å². The van der Waals surface area contributed by atoms with Crippen molar-refractivity contribution in [3.05, 3.63) is 72.3 Å². The Morgan fingerprint density at radius 1 is 0.432 bits per heavy atom. The largest absolute Gasteiger partial charge is 0.115 e. The molecular weight excluding hydrogens is 561 g/mol. The van der Waals surface area contributed by atoms with Crippen molar-refractivity contribution < 1.29 is 0 Å². The molecule has 0 aliphatic heterocycles. The summed E-state index contributed by atoms with van der Waals surface area (Å²) in [4.78, 5) is 0. The zero-order valence-electron chi connectivity index (χ0n) is 29.4. The van der Waals surface area contributed by atoms with Gasteiger partial charge in [-0.25, -0.2) is 0 Å². The van der Waals surface area contributed by atoms with E-state index in [2.05, 4.69) is 156 Å². The van der Waals surface area contributed by atoms with Gasteiger partial charge >= 0.3 is 0 Å². The quantitative estimate of drug-likeness (QED) is 0.0926. The first-order valence-electron chi connectivity index (χ1n) is 17.1. The average Bonchev–Trinajstić information content (AvgIpc) is 2.95. The minimum absolute atomic E-state index is 0.598. The van der Waals surface area contributed by atoms with Crippen molar-refractivity contribution >= 4 is 69.6 Å². The summed E-state index contributed by atoms with van der Waals surface area (Å²) in [5.41, 5.74) is 4.57. The molecule has 0 aromatic heterocycles. The Balaban J connectivity index is 2.24. The maximum atomic E-state index is 5.94. The summed E-state index contributed by atoms with van der Waals surface area (Å²) in [6.45, 7) is 30.3. The fraction of sp³-hybridized carbons (Fsp3) is 0.429. The van der Waals surface area contributed by atoms with E-state index in [9.17, 15) is 0 Å². The third-order valence-corrected chi connectivity index (χ3v) is 26.0. The molecule has 0 radical (unpaired) electrons. The molecule has 5 aromatic rings. The number of rotatable bonds is 8. The van der Waals surface area contributed by atoms with Crippen LogP contribution in [0.25, 0.3) is 43.1 Å². The zero-order chi connectivity index (χ0) is 32.3. The Labute approximate surface area is 269 Å². The van der Waals surface area contributed by atoms with Crippen molar-refractivity contribution in [2.45, 2.75) is 116 Å². The lowest BCUT2D eigenvalue weighted by Gasteiger charge is -2.48. The van der Waals surface area contributed by atoms with Crippen LogP contribution in [-0.4, -0.2) is 16.1 Å². The van der Waals surface area contributed by atoms with Gasteiger partial charge in [0.25, 0.3) is 0 Å². The Hall–Kier alpha value is -2.87. The third kappa shape index (κ3) is 4.61. The molecule has 230 valence electrons. The van der Waals surface area contributed by atoms with E-state index >= 15 is 0 Å². The molecule has 2 heteroatoms. The second kappa shape index (κ2) is 11.8. The van der Waals surface area contributed by atoms with Gasteiger partial charge < -0.3 is 0 Å². The first-order chi connectivity index (χ1) is 20.7. The van der Waals surface area contributed by atoms with Crippen LogP contribution < -0.4 is 10.4 Å². The number of hydrogen-bond acceptors (Lipinski definition) is 0. The van der Waals surface area contributed by atoms with Crippen LogP contribution in [-0.2, 0) is 0 Å². The van der Waals surface area contributed by atoms with E-state index in [1.54, 1.807) is 10.4 Å². The molecule has 0 aliphatic rings. The van der Waals surface area contributed by atoms with Crippen LogP contribution >= 0.6 is 0 Å². The Bertz CT molecular complexity index is 1850. The summed E-state index contributed by atoms with van der Waals surface area (Å²) in [6, 6.07) is 26.0. The van der Waals surface area contributed by atoms with E-state index in [4.69, 9.17) is 6.42 Å². The summed E-state index contributed by atoms with van der Waals surface area (Å²) in [7, 11) is -4.22. The number of fused-ring (bicyclic) bond motifs is 4. The number of benzene rings is 5. The van der Waals surface area contributed by atoms with Crippen molar-refractivity contribution in [3.8, 4) is 12.3 Å². The highest BCUT2D eigenvalue weighted by molar-refractivity contribution is 7.01. The zero-order valence-corrected chi connectivity index (χ0v) is 31.4. The summed E-state index contributed by atoms with van der Waals surface area (Å²) in [5, 5.41) is 14.7. The predicted octanol–water partition coefficient (Wildman–Crippen LogP) is 12.1.